The molecule has 0 radical (unpaired) electrons. The van der Waals surface area contributed by atoms with Crippen molar-refractivity contribution in [2.45, 2.75) is 0 Å². The van der Waals surface area contributed by atoms with E-state index in [-0.39, 0.29) is 5.56 Å². The fourth-order valence-corrected chi connectivity index (χ4v) is 1.82. The van der Waals surface area contributed by atoms with Crippen molar-refractivity contribution in [3.05, 3.63) is 40.9 Å². The van der Waals surface area contributed by atoms with Crippen molar-refractivity contribution in [3.63, 3.8) is 0 Å². The van der Waals surface area contributed by atoms with Crippen molar-refractivity contribution >= 4 is 28.3 Å². The molecule has 0 spiro atoms. The Labute approximate surface area is 97.2 Å². The van der Waals surface area contributed by atoms with Gasteiger partial charge in [0.2, 0.25) is 0 Å². The van der Waals surface area contributed by atoms with E-state index >= 15 is 0 Å². The number of carbonyl (C=O) groups is 1. The Balaban J connectivity index is 2.83. The molecule has 82 valence electrons. The summed E-state index contributed by atoms with van der Waals surface area (Å²) in [6.07, 6.45) is 0. The van der Waals surface area contributed by atoms with Gasteiger partial charge in [0.15, 0.2) is 0 Å². The lowest BCUT2D eigenvalue weighted by Gasteiger charge is -2.09. The smallest absolute Gasteiger partial charge is 0.339 e. The standard InChI is InChI=1S/C12H9ClO3/c1-16-11-9(12(14)15)5-3-7-2-4-8(13)6-10(7)11/h2-6H,1H3,(H,14,15). The SMILES string of the molecule is COc1c(C(=O)O)ccc2ccc(Cl)cc12. The van der Waals surface area contributed by atoms with E-state index < -0.39 is 5.97 Å². The van der Waals surface area contributed by atoms with Gasteiger partial charge in [-0.1, -0.05) is 23.7 Å². The predicted molar refractivity (Wildman–Crippen MR) is 62.5 cm³/mol. The molecule has 0 amide bonds. The highest BCUT2D eigenvalue weighted by atomic mass is 35.5. The zero-order valence-electron chi connectivity index (χ0n) is 8.53. The first-order valence-corrected chi connectivity index (χ1v) is 5.01. The van der Waals surface area contributed by atoms with Gasteiger partial charge in [-0.25, -0.2) is 4.79 Å². The molecule has 0 aliphatic carbocycles. The average molecular weight is 237 g/mol. The minimum atomic E-state index is -1.02. The summed E-state index contributed by atoms with van der Waals surface area (Å²) >= 11 is 5.88. The molecule has 2 aromatic rings. The largest absolute Gasteiger partial charge is 0.495 e. The number of hydrogen-bond donors (Lipinski definition) is 1. The molecule has 0 saturated heterocycles. The maximum Gasteiger partial charge on any atom is 0.339 e. The van der Waals surface area contributed by atoms with E-state index in [0.717, 1.165) is 5.39 Å². The van der Waals surface area contributed by atoms with Crippen molar-refractivity contribution in [2.75, 3.05) is 7.11 Å². The van der Waals surface area contributed by atoms with Crippen LogP contribution in [0.25, 0.3) is 10.8 Å². The van der Waals surface area contributed by atoms with Gasteiger partial charge in [-0.3, -0.25) is 0 Å². The summed E-state index contributed by atoms with van der Waals surface area (Å²) in [6, 6.07) is 8.53. The van der Waals surface area contributed by atoms with Gasteiger partial charge in [-0.2, -0.15) is 0 Å². The van der Waals surface area contributed by atoms with E-state index in [0.29, 0.717) is 16.2 Å². The zero-order chi connectivity index (χ0) is 11.7. The van der Waals surface area contributed by atoms with Crippen LogP contribution < -0.4 is 4.74 Å². The summed E-state index contributed by atoms with van der Waals surface area (Å²) in [7, 11) is 1.45. The summed E-state index contributed by atoms with van der Waals surface area (Å²) in [5.74, 6) is -0.675. The third kappa shape index (κ3) is 1.70. The van der Waals surface area contributed by atoms with Crippen molar-refractivity contribution < 1.29 is 14.6 Å². The van der Waals surface area contributed by atoms with Gasteiger partial charge < -0.3 is 9.84 Å². The number of halogens is 1. The Morgan fingerprint density at radius 2 is 2.00 bits per heavy atom. The molecule has 4 heteroatoms. The van der Waals surface area contributed by atoms with Crippen LogP contribution in [0, 0.1) is 0 Å². The summed E-state index contributed by atoms with van der Waals surface area (Å²) in [5.41, 5.74) is 0.136. The summed E-state index contributed by atoms with van der Waals surface area (Å²) < 4.78 is 5.14. The molecule has 0 aliphatic heterocycles. The number of hydrogen-bond acceptors (Lipinski definition) is 2. The highest BCUT2D eigenvalue weighted by molar-refractivity contribution is 6.31. The topological polar surface area (TPSA) is 46.5 Å². The highest BCUT2D eigenvalue weighted by Crippen LogP contribution is 2.31. The van der Waals surface area contributed by atoms with Crippen molar-refractivity contribution in [1.29, 1.82) is 0 Å². The first-order chi connectivity index (χ1) is 7.63. The van der Waals surface area contributed by atoms with Crippen LogP contribution in [0.5, 0.6) is 5.75 Å². The van der Waals surface area contributed by atoms with Crippen molar-refractivity contribution in [1.82, 2.24) is 0 Å². The number of benzene rings is 2. The molecule has 1 N–H and O–H groups in total. The lowest BCUT2D eigenvalue weighted by molar-refractivity contribution is 0.0693. The van der Waals surface area contributed by atoms with Crippen LogP contribution in [0.3, 0.4) is 0 Å². The molecule has 0 aliphatic rings. The van der Waals surface area contributed by atoms with E-state index in [1.165, 1.54) is 13.2 Å². The van der Waals surface area contributed by atoms with Crippen LogP contribution in [0.15, 0.2) is 30.3 Å². The summed E-state index contributed by atoms with van der Waals surface area (Å²) in [4.78, 5) is 11.0. The summed E-state index contributed by atoms with van der Waals surface area (Å²) in [5, 5.41) is 11.2. The molecule has 2 rings (SSSR count). The van der Waals surface area contributed by atoms with Gasteiger partial charge in [0.1, 0.15) is 11.3 Å². The predicted octanol–water partition coefficient (Wildman–Crippen LogP) is 3.20. The second-order valence-electron chi connectivity index (χ2n) is 3.32. The number of fused-ring (bicyclic) bond motifs is 1. The monoisotopic (exact) mass is 236 g/mol. The van der Waals surface area contributed by atoms with Crippen LogP contribution in [0.4, 0.5) is 0 Å². The van der Waals surface area contributed by atoms with E-state index in [1.54, 1.807) is 18.2 Å². The molecule has 0 bridgehead atoms. The van der Waals surface area contributed by atoms with E-state index in [1.807, 2.05) is 6.07 Å². The minimum Gasteiger partial charge on any atom is -0.495 e. The maximum absolute atomic E-state index is 11.0. The Morgan fingerprint density at radius 1 is 1.31 bits per heavy atom. The molecule has 0 saturated carbocycles. The fraction of sp³-hybridized carbons (Fsp3) is 0.0833. The average Bonchev–Trinajstić information content (AvgIpc) is 2.27. The third-order valence-electron chi connectivity index (χ3n) is 2.37. The molecule has 0 heterocycles. The minimum absolute atomic E-state index is 0.136. The second kappa shape index (κ2) is 4.02. The molecule has 0 fully saturated rings. The highest BCUT2D eigenvalue weighted by Gasteiger charge is 2.13. The molecule has 0 aromatic heterocycles. The quantitative estimate of drug-likeness (QED) is 0.871. The zero-order valence-corrected chi connectivity index (χ0v) is 9.28. The van der Waals surface area contributed by atoms with Gasteiger partial charge >= 0.3 is 5.97 Å². The molecule has 0 atom stereocenters. The van der Waals surface area contributed by atoms with Gasteiger partial charge in [0.05, 0.1) is 7.11 Å². The first kappa shape index (κ1) is 10.8. The second-order valence-corrected chi connectivity index (χ2v) is 3.75. The molecule has 2 aromatic carbocycles. The molecular formula is C12H9ClO3. The molecule has 3 nitrogen and oxygen atoms in total. The van der Waals surface area contributed by atoms with Gasteiger partial charge in [-0.05, 0) is 23.6 Å². The number of rotatable bonds is 2. The van der Waals surface area contributed by atoms with E-state index in [9.17, 15) is 4.79 Å². The molecule has 0 unspecified atom stereocenters. The van der Waals surface area contributed by atoms with Crippen molar-refractivity contribution in [3.8, 4) is 5.75 Å². The number of methoxy groups -OCH3 is 1. The van der Waals surface area contributed by atoms with E-state index in [2.05, 4.69) is 0 Å². The number of ether oxygens (including phenoxy) is 1. The molecular weight excluding hydrogens is 228 g/mol. The van der Waals surface area contributed by atoms with Gasteiger partial charge in [0.25, 0.3) is 0 Å². The van der Waals surface area contributed by atoms with E-state index in [4.69, 9.17) is 21.4 Å². The Morgan fingerprint density at radius 3 is 2.62 bits per heavy atom. The van der Waals surface area contributed by atoms with Gasteiger partial charge in [-0.15, -0.1) is 0 Å². The van der Waals surface area contributed by atoms with Crippen LogP contribution in [0.2, 0.25) is 5.02 Å². The number of carboxylic acids is 1. The maximum atomic E-state index is 11.0. The van der Waals surface area contributed by atoms with Crippen molar-refractivity contribution in [2.24, 2.45) is 0 Å². The Hall–Kier alpha value is -1.74. The van der Waals surface area contributed by atoms with Crippen LogP contribution in [0.1, 0.15) is 10.4 Å². The lowest BCUT2D eigenvalue weighted by Crippen LogP contribution is -2.00. The lowest BCUT2D eigenvalue weighted by atomic mass is 10.1. The van der Waals surface area contributed by atoms with Crippen LogP contribution in [-0.4, -0.2) is 18.2 Å². The summed E-state index contributed by atoms with van der Waals surface area (Å²) in [6.45, 7) is 0. The first-order valence-electron chi connectivity index (χ1n) is 4.63. The van der Waals surface area contributed by atoms with Crippen LogP contribution in [-0.2, 0) is 0 Å². The Bertz CT molecular complexity index is 563. The normalized spacial score (nSPS) is 10.4. The third-order valence-corrected chi connectivity index (χ3v) is 2.60. The molecule has 16 heavy (non-hydrogen) atoms. The fourth-order valence-electron chi connectivity index (χ4n) is 1.65. The van der Waals surface area contributed by atoms with Gasteiger partial charge in [0, 0.05) is 10.4 Å². The Kier molecular flexibility index (Phi) is 2.71. The number of aromatic carboxylic acids is 1. The number of carboxylic acid groups (broad SMARTS) is 1. The van der Waals surface area contributed by atoms with Crippen LogP contribution >= 0.6 is 11.6 Å².